The molecule has 1 aliphatic carbocycles. The van der Waals surface area contributed by atoms with Gasteiger partial charge in [-0.15, -0.1) is 0 Å². The number of aliphatic hydroxyl groups is 1. The third kappa shape index (κ3) is 3.70. The predicted octanol–water partition coefficient (Wildman–Crippen LogP) is 1.30. The van der Waals surface area contributed by atoms with Crippen LogP contribution in [0.5, 0.6) is 0 Å². The van der Waals surface area contributed by atoms with Crippen LogP contribution in [0.2, 0.25) is 0 Å². The van der Waals surface area contributed by atoms with Crippen molar-refractivity contribution in [2.45, 2.75) is 58.0 Å². The summed E-state index contributed by atoms with van der Waals surface area (Å²) in [7, 11) is 0. The van der Waals surface area contributed by atoms with Gasteiger partial charge in [-0.25, -0.2) is 4.79 Å². The number of rotatable bonds is 4. The Kier molecular flexibility index (Phi) is 4.73. The molecule has 0 aromatic heterocycles. The first-order chi connectivity index (χ1) is 8.28. The highest BCUT2D eigenvalue weighted by Gasteiger charge is 2.36. The molecule has 0 saturated heterocycles. The van der Waals surface area contributed by atoms with Gasteiger partial charge in [0.1, 0.15) is 0 Å². The van der Waals surface area contributed by atoms with Crippen LogP contribution in [0.3, 0.4) is 0 Å². The van der Waals surface area contributed by atoms with Crippen molar-refractivity contribution in [3.05, 3.63) is 0 Å². The summed E-state index contributed by atoms with van der Waals surface area (Å²) < 4.78 is 0. The van der Waals surface area contributed by atoms with Gasteiger partial charge in [0.15, 0.2) is 5.60 Å². The van der Waals surface area contributed by atoms with E-state index in [0.717, 1.165) is 38.5 Å². The number of carbonyl (C=O) groups is 2. The summed E-state index contributed by atoms with van der Waals surface area (Å²) in [5, 5.41) is 20.9. The SMILES string of the molecule is CC(O)(CNC(=O)C1(C)CCCCCC1)C(=O)O. The van der Waals surface area contributed by atoms with E-state index in [1.165, 1.54) is 6.92 Å². The molecule has 0 bridgehead atoms. The number of nitrogens with one attached hydrogen (secondary N) is 1. The minimum atomic E-state index is -1.91. The third-order valence-electron chi connectivity index (χ3n) is 3.81. The average Bonchev–Trinajstić information content (AvgIpc) is 2.52. The molecule has 104 valence electrons. The summed E-state index contributed by atoms with van der Waals surface area (Å²) in [6.07, 6.45) is 6.01. The minimum Gasteiger partial charge on any atom is -0.479 e. The number of aliphatic carboxylic acids is 1. The van der Waals surface area contributed by atoms with Crippen molar-refractivity contribution in [2.24, 2.45) is 5.41 Å². The van der Waals surface area contributed by atoms with Crippen LogP contribution in [0.25, 0.3) is 0 Å². The number of hydrogen-bond acceptors (Lipinski definition) is 3. The number of carboxylic acids is 1. The zero-order valence-corrected chi connectivity index (χ0v) is 11.2. The lowest BCUT2D eigenvalue weighted by Crippen LogP contribution is -2.49. The molecule has 0 heterocycles. The maximum atomic E-state index is 12.1. The second-order valence-corrected chi connectivity index (χ2v) is 5.74. The van der Waals surface area contributed by atoms with Crippen LogP contribution in [-0.2, 0) is 9.59 Å². The topological polar surface area (TPSA) is 86.6 Å². The fraction of sp³-hybridized carbons (Fsp3) is 0.846. The smallest absolute Gasteiger partial charge is 0.337 e. The number of amides is 1. The molecule has 1 aliphatic rings. The van der Waals surface area contributed by atoms with Crippen LogP contribution in [-0.4, -0.2) is 34.2 Å². The monoisotopic (exact) mass is 257 g/mol. The van der Waals surface area contributed by atoms with Gasteiger partial charge in [0.2, 0.25) is 5.91 Å². The van der Waals surface area contributed by atoms with Crippen LogP contribution in [0, 0.1) is 5.41 Å². The van der Waals surface area contributed by atoms with Crippen LogP contribution < -0.4 is 5.32 Å². The molecule has 5 heteroatoms. The predicted molar refractivity (Wildman–Crippen MR) is 67.1 cm³/mol. The summed E-state index contributed by atoms with van der Waals surface area (Å²) in [6, 6.07) is 0. The maximum absolute atomic E-state index is 12.1. The molecule has 0 aromatic rings. The Hall–Kier alpha value is -1.10. The highest BCUT2D eigenvalue weighted by atomic mass is 16.4. The van der Waals surface area contributed by atoms with Gasteiger partial charge in [-0.2, -0.15) is 0 Å². The number of carbonyl (C=O) groups excluding carboxylic acids is 1. The van der Waals surface area contributed by atoms with Gasteiger partial charge in [-0.3, -0.25) is 4.79 Å². The molecular weight excluding hydrogens is 234 g/mol. The van der Waals surface area contributed by atoms with Gasteiger partial charge in [0.05, 0.1) is 6.54 Å². The Bertz CT molecular complexity index is 317. The standard InChI is InChI=1S/C13H23NO4/c1-12(7-5-3-4-6-8-12)10(15)14-9-13(2,18)11(16)17/h18H,3-9H2,1-2H3,(H,14,15)(H,16,17). The zero-order chi connectivity index (χ0) is 13.8. The molecule has 5 nitrogen and oxygen atoms in total. The van der Waals surface area contributed by atoms with Gasteiger partial charge < -0.3 is 15.5 Å². The number of hydrogen-bond donors (Lipinski definition) is 3. The first-order valence-corrected chi connectivity index (χ1v) is 6.52. The van der Waals surface area contributed by atoms with Gasteiger partial charge in [0, 0.05) is 5.41 Å². The van der Waals surface area contributed by atoms with E-state index in [1.807, 2.05) is 6.92 Å². The van der Waals surface area contributed by atoms with E-state index in [2.05, 4.69) is 5.32 Å². The van der Waals surface area contributed by atoms with Crippen molar-refractivity contribution >= 4 is 11.9 Å². The van der Waals surface area contributed by atoms with Gasteiger partial charge in [-0.05, 0) is 19.8 Å². The third-order valence-corrected chi connectivity index (χ3v) is 3.81. The second kappa shape index (κ2) is 5.69. The summed E-state index contributed by atoms with van der Waals surface area (Å²) in [6.45, 7) is 2.85. The molecule has 0 aromatic carbocycles. The molecular formula is C13H23NO4. The van der Waals surface area contributed by atoms with Crippen molar-refractivity contribution in [3.8, 4) is 0 Å². The molecule has 0 aliphatic heterocycles. The quantitative estimate of drug-likeness (QED) is 0.662. The molecule has 1 unspecified atom stereocenters. The summed E-state index contributed by atoms with van der Waals surface area (Å²) in [5.41, 5.74) is -2.33. The highest BCUT2D eigenvalue weighted by Crippen LogP contribution is 2.34. The molecule has 1 rings (SSSR count). The second-order valence-electron chi connectivity index (χ2n) is 5.74. The van der Waals surface area contributed by atoms with E-state index in [9.17, 15) is 14.7 Å². The summed E-state index contributed by atoms with van der Waals surface area (Å²) >= 11 is 0. The van der Waals surface area contributed by atoms with Crippen LogP contribution >= 0.6 is 0 Å². The normalized spacial score (nSPS) is 22.6. The Morgan fingerprint density at radius 1 is 1.22 bits per heavy atom. The molecule has 1 amide bonds. The fourth-order valence-corrected chi connectivity index (χ4v) is 2.28. The fourth-order valence-electron chi connectivity index (χ4n) is 2.28. The lowest BCUT2D eigenvalue weighted by atomic mass is 9.81. The van der Waals surface area contributed by atoms with Gasteiger partial charge in [-0.1, -0.05) is 32.6 Å². The molecule has 0 spiro atoms. The molecule has 1 saturated carbocycles. The Morgan fingerprint density at radius 2 is 1.72 bits per heavy atom. The zero-order valence-electron chi connectivity index (χ0n) is 11.2. The first-order valence-electron chi connectivity index (χ1n) is 6.52. The van der Waals surface area contributed by atoms with E-state index in [1.54, 1.807) is 0 Å². The van der Waals surface area contributed by atoms with E-state index < -0.39 is 17.0 Å². The van der Waals surface area contributed by atoms with E-state index in [-0.39, 0.29) is 12.5 Å². The van der Waals surface area contributed by atoms with Crippen molar-refractivity contribution < 1.29 is 19.8 Å². The number of carboxylic acid groups (broad SMARTS) is 1. The van der Waals surface area contributed by atoms with Crippen LogP contribution in [0.1, 0.15) is 52.4 Å². The Labute approximate surface area is 108 Å². The van der Waals surface area contributed by atoms with Crippen LogP contribution in [0.4, 0.5) is 0 Å². The molecule has 18 heavy (non-hydrogen) atoms. The molecule has 0 radical (unpaired) electrons. The van der Waals surface area contributed by atoms with Gasteiger partial charge >= 0.3 is 5.97 Å². The van der Waals surface area contributed by atoms with E-state index >= 15 is 0 Å². The van der Waals surface area contributed by atoms with E-state index in [4.69, 9.17) is 5.11 Å². The van der Waals surface area contributed by atoms with E-state index in [0.29, 0.717) is 0 Å². The average molecular weight is 257 g/mol. The lowest BCUT2D eigenvalue weighted by Gasteiger charge is -2.28. The van der Waals surface area contributed by atoms with Crippen molar-refractivity contribution in [1.29, 1.82) is 0 Å². The van der Waals surface area contributed by atoms with Crippen molar-refractivity contribution in [3.63, 3.8) is 0 Å². The minimum absolute atomic E-state index is 0.147. The van der Waals surface area contributed by atoms with Crippen molar-refractivity contribution in [1.82, 2.24) is 5.32 Å². The molecule has 3 N–H and O–H groups in total. The van der Waals surface area contributed by atoms with Crippen LogP contribution in [0.15, 0.2) is 0 Å². The Morgan fingerprint density at radius 3 is 2.17 bits per heavy atom. The molecule has 1 atom stereocenters. The van der Waals surface area contributed by atoms with Gasteiger partial charge in [0.25, 0.3) is 0 Å². The van der Waals surface area contributed by atoms with Crippen molar-refractivity contribution in [2.75, 3.05) is 6.54 Å². The summed E-state index contributed by atoms with van der Waals surface area (Å²) in [4.78, 5) is 22.9. The Balaban J connectivity index is 2.56. The highest BCUT2D eigenvalue weighted by molar-refractivity contribution is 5.84. The largest absolute Gasteiger partial charge is 0.479 e. The molecule has 1 fully saturated rings. The summed E-state index contributed by atoms with van der Waals surface area (Å²) in [5.74, 6) is -1.47. The first kappa shape index (κ1) is 15.0. The maximum Gasteiger partial charge on any atom is 0.337 e. The lowest BCUT2D eigenvalue weighted by molar-refractivity contribution is -0.156.